The molecule has 3 nitrogen and oxygen atoms in total. The number of hydrogen-bond donors (Lipinski definition) is 2. The molecule has 1 aliphatic carbocycles. The SMILES string of the molecule is COc1cccc(C(CN)NCCC2CCC2)c1. The van der Waals surface area contributed by atoms with Gasteiger partial charge in [-0.15, -0.1) is 0 Å². The van der Waals surface area contributed by atoms with Gasteiger partial charge in [0.2, 0.25) is 0 Å². The van der Waals surface area contributed by atoms with E-state index >= 15 is 0 Å². The Labute approximate surface area is 110 Å². The number of benzene rings is 1. The number of nitrogens with two attached hydrogens (primary N) is 1. The minimum absolute atomic E-state index is 0.236. The average molecular weight is 248 g/mol. The monoisotopic (exact) mass is 248 g/mol. The van der Waals surface area contributed by atoms with Crippen LogP contribution in [0.2, 0.25) is 0 Å². The van der Waals surface area contributed by atoms with Crippen LogP contribution in [-0.4, -0.2) is 20.2 Å². The maximum absolute atomic E-state index is 5.86. The second-order valence-electron chi connectivity index (χ2n) is 5.10. The van der Waals surface area contributed by atoms with Crippen LogP contribution < -0.4 is 15.8 Å². The third kappa shape index (κ3) is 3.47. The summed E-state index contributed by atoms with van der Waals surface area (Å²) in [4.78, 5) is 0. The summed E-state index contributed by atoms with van der Waals surface area (Å²) in [6.45, 7) is 1.68. The standard InChI is InChI=1S/C15H24N2O/c1-18-14-7-3-6-13(10-14)15(11-16)17-9-8-12-4-2-5-12/h3,6-7,10,12,15,17H,2,4-5,8-9,11,16H2,1H3. The van der Waals surface area contributed by atoms with E-state index in [-0.39, 0.29) is 6.04 Å². The molecule has 2 rings (SSSR count). The summed E-state index contributed by atoms with van der Waals surface area (Å²) in [5.74, 6) is 1.84. The molecule has 0 aromatic heterocycles. The third-order valence-corrected chi connectivity index (χ3v) is 3.90. The smallest absolute Gasteiger partial charge is 0.119 e. The first-order valence-electron chi connectivity index (χ1n) is 6.91. The Hall–Kier alpha value is -1.06. The molecule has 1 atom stereocenters. The highest BCUT2D eigenvalue weighted by atomic mass is 16.5. The fourth-order valence-electron chi connectivity index (χ4n) is 2.44. The van der Waals surface area contributed by atoms with E-state index in [0.29, 0.717) is 6.54 Å². The van der Waals surface area contributed by atoms with Crippen LogP contribution >= 0.6 is 0 Å². The molecular formula is C15H24N2O. The van der Waals surface area contributed by atoms with E-state index in [0.717, 1.165) is 18.2 Å². The van der Waals surface area contributed by atoms with Crippen molar-refractivity contribution in [2.24, 2.45) is 11.7 Å². The zero-order valence-corrected chi connectivity index (χ0v) is 11.2. The Balaban J connectivity index is 1.85. The van der Waals surface area contributed by atoms with Gasteiger partial charge in [-0.2, -0.15) is 0 Å². The molecule has 1 aromatic carbocycles. The molecule has 0 aliphatic heterocycles. The highest BCUT2D eigenvalue weighted by Crippen LogP contribution is 2.29. The van der Waals surface area contributed by atoms with Crippen LogP contribution in [0.15, 0.2) is 24.3 Å². The topological polar surface area (TPSA) is 47.3 Å². The van der Waals surface area contributed by atoms with Crippen molar-refractivity contribution < 1.29 is 4.74 Å². The van der Waals surface area contributed by atoms with Crippen molar-refractivity contribution in [3.8, 4) is 5.75 Å². The number of methoxy groups -OCH3 is 1. The Bertz CT molecular complexity index is 363. The summed E-state index contributed by atoms with van der Waals surface area (Å²) in [5.41, 5.74) is 7.07. The Kier molecular flexibility index (Phi) is 5.02. The molecule has 1 saturated carbocycles. The molecule has 100 valence electrons. The Morgan fingerprint density at radius 2 is 2.28 bits per heavy atom. The number of hydrogen-bond acceptors (Lipinski definition) is 3. The lowest BCUT2D eigenvalue weighted by molar-refractivity contribution is 0.288. The van der Waals surface area contributed by atoms with Gasteiger partial charge in [-0.3, -0.25) is 0 Å². The summed E-state index contributed by atoms with van der Waals surface area (Å²) < 4.78 is 5.25. The van der Waals surface area contributed by atoms with Crippen LogP contribution in [-0.2, 0) is 0 Å². The minimum Gasteiger partial charge on any atom is -0.497 e. The second kappa shape index (κ2) is 6.76. The lowest BCUT2D eigenvalue weighted by Crippen LogP contribution is -2.30. The molecule has 1 aromatic rings. The number of ether oxygens (including phenoxy) is 1. The van der Waals surface area contributed by atoms with Gasteiger partial charge in [0.25, 0.3) is 0 Å². The van der Waals surface area contributed by atoms with Crippen molar-refractivity contribution in [1.29, 1.82) is 0 Å². The molecule has 0 saturated heterocycles. The van der Waals surface area contributed by atoms with Gasteiger partial charge >= 0.3 is 0 Å². The van der Waals surface area contributed by atoms with Gasteiger partial charge in [0, 0.05) is 12.6 Å². The van der Waals surface area contributed by atoms with Crippen LogP contribution in [0, 0.1) is 5.92 Å². The van der Waals surface area contributed by atoms with Gasteiger partial charge in [-0.1, -0.05) is 31.4 Å². The highest BCUT2D eigenvalue weighted by molar-refractivity contribution is 5.30. The van der Waals surface area contributed by atoms with Crippen LogP contribution in [0.1, 0.15) is 37.3 Å². The molecule has 1 fully saturated rings. The minimum atomic E-state index is 0.236. The summed E-state index contributed by atoms with van der Waals surface area (Å²) >= 11 is 0. The molecular weight excluding hydrogens is 224 g/mol. The van der Waals surface area contributed by atoms with Crippen molar-refractivity contribution in [2.75, 3.05) is 20.2 Å². The summed E-state index contributed by atoms with van der Waals surface area (Å²) in [6.07, 6.45) is 5.52. The van der Waals surface area contributed by atoms with Crippen molar-refractivity contribution in [3.63, 3.8) is 0 Å². The maximum Gasteiger partial charge on any atom is 0.119 e. The van der Waals surface area contributed by atoms with Crippen molar-refractivity contribution >= 4 is 0 Å². The van der Waals surface area contributed by atoms with Crippen molar-refractivity contribution in [1.82, 2.24) is 5.32 Å². The summed E-state index contributed by atoms with van der Waals surface area (Å²) in [7, 11) is 1.70. The third-order valence-electron chi connectivity index (χ3n) is 3.90. The first-order valence-corrected chi connectivity index (χ1v) is 6.91. The Morgan fingerprint density at radius 1 is 1.44 bits per heavy atom. The van der Waals surface area contributed by atoms with Gasteiger partial charge in [-0.25, -0.2) is 0 Å². The van der Waals surface area contributed by atoms with E-state index in [1.54, 1.807) is 7.11 Å². The predicted molar refractivity (Wildman–Crippen MR) is 74.8 cm³/mol. The van der Waals surface area contributed by atoms with Gasteiger partial charge in [0.15, 0.2) is 0 Å². The van der Waals surface area contributed by atoms with Gasteiger partial charge in [0.1, 0.15) is 5.75 Å². The summed E-state index contributed by atoms with van der Waals surface area (Å²) in [6, 6.07) is 8.39. The second-order valence-corrected chi connectivity index (χ2v) is 5.10. The van der Waals surface area contributed by atoms with Gasteiger partial charge in [0.05, 0.1) is 7.11 Å². The molecule has 1 aliphatic rings. The van der Waals surface area contributed by atoms with Gasteiger partial charge < -0.3 is 15.8 Å². The van der Waals surface area contributed by atoms with Crippen LogP contribution in [0.5, 0.6) is 5.75 Å². The molecule has 3 N–H and O–H groups in total. The van der Waals surface area contributed by atoms with Crippen LogP contribution in [0.3, 0.4) is 0 Å². The molecule has 0 heterocycles. The fraction of sp³-hybridized carbons (Fsp3) is 0.600. The lowest BCUT2D eigenvalue weighted by atomic mass is 9.83. The molecule has 0 bridgehead atoms. The first-order chi connectivity index (χ1) is 8.83. The van der Waals surface area contributed by atoms with E-state index in [4.69, 9.17) is 10.5 Å². The quantitative estimate of drug-likeness (QED) is 0.779. The predicted octanol–water partition coefficient (Wildman–Crippen LogP) is 2.47. The van der Waals surface area contributed by atoms with E-state index < -0.39 is 0 Å². The van der Waals surface area contributed by atoms with E-state index in [1.165, 1.54) is 31.2 Å². The molecule has 3 heteroatoms. The normalized spacial score (nSPS) is 17.2. The lowest BCUT2D eigenvalue weighted by Gasteiger charge is -2.26. The fourth-order valence-corrected chi connectivity index (χ4v) is 2.44. The number of nitrogens with one attached hydrogen (secondary N) is 1. The molecule has 1 unspecified atom stereocenters. The van der Waals surface area contributed by atoms with Crippen LogP contribution in [0.25, 0.3) is 0 Å². The van der Waals surface area contributed by atoms with Crippen LogP contribution in [0.4, 0.5) is 0 Å². The maximum atomic E-state index is 5.86. The molecule has 18 heavy (non-hydrogen) atoms. The van der Waals surface area contributed by atoms with E-state index in [9.17, 15) is 0 Å². The largest absolute Gasteiger partial charge is 0.497 e. The number of rotatable bonds is 7. The summed E-state index contributed by atoms with van der Waals surface area (Å²) in [5, 5.41) is 3.56. The zero-order valence-electron chi connectivity index (χ0n) is 11.2. The first kappa shape index (κ1) is 13.4. The van der Waals surface area contributed by atoms with E-state index in [2.05, 4.69) is 17.4 Å². The van der Waals surface area contributed by atoms with Crippen molar-refractivity contribution in [2.45, 2.75) is 31.7 Å². The highest BCUT2D eigenvalue weighted by Gasteiger charge is 2.17. The molecule has 0 spiro atoms. The van der Waals surface area contributed by atoms with Crippen molar-refractivity contribution in [3.05, 3.63) is 29.8 Å². The zero-order chi connectivity index (χ0) is 12.8. The molecule has 0 amide bonds. The van der Waals surface area contributed by atoms with E-state index in [1.807, 2.05) is 12.1 Å². The molecule has 0 radical (unpaired) electrons. The van der Waals surface area contributed by atoms with Gasteiger partial charge in [-0.05, 0) is 36.6 Å². The average Bonchev–Trinajstić information content (AvgIpc) is 2.37. The Morgan fingerprint density at radius 3 is 2.89 bits per heavy atom.